The molecule has 2 atom stereocenters. The van der Waals surface area contributed by atoms with Gasteiger partial charge in [0.25, 0.3) is 5.91 Å². The molecular weight excluding hydrogens is 403 g/mol. The number of carbonyl (C=O) groups is 1. The van der Waals surface area contributed by atoms with Crippen LogP contribution in [-0.4, -0.2) is 33.6 Å². The number of carbonyl (C=O) groups excluding carboxylic acids is 1. The van der Waals surface area contributed by atoms with Crippen molar-refractivity contribution < 1.29 is 18.0 Å². The Morgan fingerprint density at radius 1 is 1.34 bits per heavy atom. The molecule has 1 fully saturated rings. The Kier molecular flexibility index (Phi) is 5.16. The number of rotatable bonds is 3. The van der Waals surface area contributed by atoms with Gasteiger partial charge < -0.3 is 15.2 Å². The fraction of sp³-hybridized carbons (Fsp3) is 0.368. The van der Waals surface area contributed by atoms with E-state index in [1.807, 2.05) is 6.07 Å². The quantitative estimate of drug-likeness (QED) is 0.664. The van der Waals surface area contributed by atoms with Gasteiger partial charge >= 0.3 is 6.18 Å². The molecule has 0 spiro atoms. The number of pyridine rings is 1. The number of aromatic amines is 1. The van der Waals surface area contributed by atoms with Gasteiger partial charge in [0.1, 0.15) is 5.69 Å². The topological polar surface area (TPSA) is 73.1 Å². The van der Waals surface area contributed by atoms with Crippen LogP contribution in [-0.2, 0) is 6.54 Å². The number of thiocarbonyl (C=S) groups is 1. The van der Waals surface area contributed by atoms with Gasteiger partial charge in [-0.25, -0.2) is 0 Å². The molecule has 1 saturated heterocycles. The Labute approximate surface area is 170 Å². The van der Waals surface area contributed by atoms with E-state index in [9.17, 15) is 18.0 Å². The first-order chi connectivity index (χ1) is 13.9. The van der Waals surface area contributed by atoms with Gasteiger partial charge in [-0.2, -0.15) is 13.2 Å². The molecule has 2 aliphatic heterocycles. The van der Waals surface area contributed by atoms with E-state index in [1.54, 1.807) is 29.4 Å². The summed E-state index contributed by atoms with van der Waals surface area (Å²) in [5.74, 6) is -1.36. The van der Waals surface area contributed by atoms with Crippen LogP contribution in [0.3, 0.4) is 0 Å². The molecule has 2 aromatic rings. The molecule has 6 nitrogen and oxygen atoms in total. The molecule has 0 radical (unpaired) electrons. The van der Waals surface area contributed by atoms with Crippen molar-refractivity contribution in [3.05, 3.63) is 53.4 Å². The number of halogens is 3. The Morgan fingerprint density at radius 2 is 2.17 bits per heavy atom. The number of H-pyrrole nitrogens is 1. The maximum Gasteiger partial charge on any atom is 0.391 e. The number of piperidine rings is 1. The van der Waals surface area contributed by atoms with Crippen LogP contribution in [0.5, 0.6) is 0 Å². The van der Waals surface area contributed by atoms with Crippen LogP contribution in [0.25, 0.3) is 0 Å². The second-order valence-corrected chi connectivity index (χ2v) is 7.25. The summed E-state index contributed by atoms with van der Waals surface area (Å²) in [5, 5.41) is 8.40. The summed E-state index contributed by atoms with van der Waals surface area (Å²) >= 11 is 4.93. The molecule has 0 aliphatic carbocycles. The molecule has 0 bridgehead atoms. The molecule has 4 heterocycles. The minimum atomic E-state index is -4.22. The molecule has 0 saturated carbocycles. The highest BCUT2D eigenvalue weighted by Crippen LogP contribution is 2.39. The van der Waals surface area contributed by atoms with Crippen LogP contribution in [0.2, 0.25) is 0 Å². The summed E-state index contributed by atoms with van der Waals surface area (Å²) in [6, 6.07) is 4.81. The number of hydrogen-bond donors (Lipinski definition) is 3. The van der Waals surface area contributed by atoms with Crippen molar-refractivity contribution in [1.29, 1.82) is 0 Å². The van der Waals surface area contributed by atoms with Crippen molar-refractivity contribution in [2.75, 3.05) is 11.4 Å². The summed E-state index contributed by atoms with van der Waals surface area (Å²) in [6.07, 6.45) is -1.00. The summed E-state index contributed by atoms with van der Waals surface area (Å²) < 4.78 is 39.7. The molecule has 3 N–H and O–H groups in total. The third kappa shape index (κ3) is 3.78. The molecule has 0 unspecified atom stereocenters. The normalized spacial score (nSPS) is 22.1. The number of anilines is 1. The first-order valence-electron chi connectivity index (χ1n) is 9.13. The zero-order valence-corrected chi connectivity index (χ0v) is 16.0. The Morgan fingerprint density at radius 3 is 2.93 bits per heavy atom. The summed E-state index contributed by atoms with van der Waals surface area (Å²) in [5.41, 5.74) is 2.33. The van der Waals surface area contributed by atoms with Crippen molar-refractivity contribution in [3.63, 3.8) is 0 Å². The number of alkyl halides is 3. The molecule has 2 aliphatic rings. The average Bonchev–Trinajstić information content (AvgIpc) is 3.20. The zero-order chi connectivity index (χ0) is 20.6. The third-order valence-electron chi connectivity index (χ3n) is 5.29. The van der Waals surface area contributed by atoms with E-state index in [2.05, 4.69) is 25.6 Å². The highest BCUT2D eigenvalue weighted by atomic mass is 32.1. The lowest BCUT2D eigenvalue weighted by Gasteiger charge is -2.34. The second kappa shape index (κ2) is 7.62. The van der Waals surface area contributed by atoms with Crippen molar-refractivity contribution in [2.45, 2.75) is 31.6 Å². The highest BCUT2D eigenvalue weighted by Gasteiger charge is 2.43. The standard InChI is InChI=1S/C19H18F3N5OS/c20-19(21,22)12-3-6-23-13(8-12)16-11(2-1-5-24-16)9-27-14-4-7-25-17(14)18(28)26-15(27)10-29/h1-2,4-5,7,12-13,23,25H,3,6,8-9H2,(H,26,28)/t12-,13-/m0/s1. The van der Waals surface area contributed by atoms with Gasteiger partial charge in [0.15, 0.2) is 5.82 Å². The molecule has 0 aromatic carbocycles. The van der Waals surface area contributed by atoms with Crippen molar-refractivity contribution in [2.24, 2.45) is 5.92 Å². The molecule has 2 aromatic heterocycles. The van der Waals surface area contributed by atoms with Crippen LogP contribution in [0.1, 0.15) is 40.6 Å². The zero-order valence-electron chi connectivity index (χ0n) is 15.2. The van der Waals surface area contributed by atoms with Gasteiger partial charge in [-0.15, -0.1) is 0 Å². The van der Waals surface area contributed by atoms with Gasteiger partial charge in [-0.3, -0.25) is 15.1 Å². The number of aromatic nitrogens is 2. The lowest BCUT2D eigenvalue weighted by atomic mass is 9.89. The van der Waals surface area contributed by atoms with E-state index in [1.165, 1.54) is 0 Å². The SMILES string of the molecule is O=C1NC(=C=S)N(Cc2cccnc2[C@@H]2C[C@@H](C(F)(F)F)CCN2)c2cc[nH]c21. The number of amides is 1. The van der Waals surface area contributed by atoms with Gasteiger partial charge in [0.05, 0.1) is 29.9 Å². The minimum absolute atomic E-state index is 0.0600. The monoisotopic (exact) mass is 421 g/mol. The van der Waals surface area contributed by atoms with Crippen LogP contribution in [0.15, 0.2) is 36.4 Å². The van der Waals surface area contributed by atoms with Gasteiger partial charge in [-0.1, -0.05) is 6.07 Å². The molecule has 1 amide bonds. The van der Waals surface area contributed by atoms with Crippen LogP contribution < -0.4 is 15.5 Å². The number of hydrogen-bond acceptors (Lipinski definition) is 5. The third-order valence-corrected chi connectivity index (χ3v) is 5.49. The van der Waals surface area contributed by atoms with E-state index < -0.39 is 18.1 Å². The van der Waals surface area contributed by atoms with Crippen molar-refractivity contribution >= 4 is 28.8 Å². The molecule has 10 heteroatoms. The maximum atomic E-state index is 13.2. The van der Waals surface area contributed by atoms with E-state index in [-0.39, 0.29) is 31.8 Å². The van der Waals surface area contributed by atoms with Gasteiger partial charge in [0.2, 0.25) is 0 Å². The van der Waals surface area contributed by atoms with E-state index in [0.717, 1.165) is 5.56 Å². The Balaban J connectivity index is 1.65. The van der Waals surface area contributed by atoms with Crippen LogP contribution >= 0.6 is 12.2 Å². The van der Waals surface area contributed by atoms with Crippen LogP contribution in [0, 0.1) is 5.92 Å². The largest absolute Gasteiger partial charge is 0.391 e. The fourth-order valence-electron chi connectivity index (χ4n) is 3.86. The van der Waals surface area contributed by atoms with Gasteiger partial charge in [0, 0.05) is 12.4 Å². The number of fused-ring (bicyclic) bond motifs is 1. The highest BCUT2D eigenvalue weighted by molar-refractivity contribution is 7.78. The number of nitrogens with one attached hydrogen (secondary N) is 3. The Hall–Kier alpha value is -2.68. The smallest absolute Gasteiger partial charge is 0.355 e. The molecular formula is C19H18F3N5OS. The average molecular weight is 421 g/mol. The first-order valence-corrected chi connectivity index (χ1v) is 9.54. The fourth-order valence-corrected chi connectivity index (χ4v) is 4.02. The van der Waals surface area contributed by atoms with Crippen molar-refractivity contribution in [1.82, 2.24) is 20.6 Å². The predicted octanol–water partition coefficient (Wildman–Crippen LogP) is 3.20. The predicted molar refractivity (Wildman–Crippen MR) is 104 cm³/mol. The minimum Gasteiger partial charge on any atom is -0.355 e. The Bertz CT molecular complexity index is 982. The summed E-state index contributed by atoms with van der Waals surface area (Å²) in [6.45, 7) is 0.555. The molecule has 4 rings (SSSR count). The lowest BCUT2D eigenvalue weighted by Crippen LogP contribution is -2.42. The van der Waals surface area contributed by atoms with E-state index >= 15 is 0 Å². The molecule has 152 valence electrons. The van der Waals surface area contributed by atoms with E-state index in [0.29, 0.717) is 22.9 Å². The summed E-state index contributed by atoms with van der Waals surface area (Å²) in [4.78, 5) is 21.2. The van der Waals surface area contributed by atoms with E-state index in [4.69, 9.17) is 12.2 Å². The lowest BCUT2D eigenvalue weighted by molar-refractivity contribution is -0.183. The van der Waals surface area contributed by atoms with Gasteiger partial charge in [-0.05, 0) is 54.3 Å². The second-order valence-electron chi connectivity index (χ2n) is 7.05. The van der Waals surface area contributed by atoms with Crippen LogP contribution in [0.4, 0.5) is 18.9 Å². The summed E-state index contributed by atoms with van der Waals surface area (Å²) in [7, 11) is 0. The maximum absolute atomic E-state index is 13.2. The number of nitrogens with zero attached hydrogens (tertiary/aromatic N) is 2. The molecule has 29 heavy (non-hydrogen) atoms. The first kappa shape index (κ1) is 19.6. The van der Waals surface area contributed by atoms with Crippen molar-refractivity contribution in [3.8, 4) is 0 Å².